The molecule has 2 aromatic rings. The summed E-state index contributed by atoms with van der Waals surface area (Å²) >= 11 is 12.1. The maximum absolute atomic E-state index is 6.12. The van der Waals surface area contributed by atoms with Crippen molar-refractivity contribution in [3.05, 3.63) is 34.4 Å². The van der Waals surface area contributed by atoms with Gasteiger partial charge in [0.25, 0.3) is 0 Å². The number of anilines is 3. The highest BCUT2D eigenvalue weighted by atomic mass is 35.5. The monoisotopic (exact) mass is 311 g/mol. The van der Waals surface area contributed by atoms with Crippen LogP contribution in [0.2, 0.25) is 10.0 Å². The van der Waals surface area contributed by atoms with E-state index >= 15 is 0 Å². The highest BCUT2D eigenvalue weighted by molar-refractivity contribution is 6.43. The van der Waals surface area contributed by atoms with Gasteiger partial charge in [0.2, 0.25) is 5.95 Å². The Morgan fingerprint density at radius 2 is 1.95 bits per heavy atom. The van der Waals surface area contributed by atoms with Gasteiger partial charge < -0.3 is 10.2 Å². The molecule has 1 heterocycles. The fourth-order valence-corrected chi connectivity index (χ4v) is 2.12. The van der Waals surface area contributed by atoms with Crippen LogP contribution >= 0.6 is 23.2 Å². The molecule has 106 valence electrons. The predicted octanol–water partition coefficient (Wildman–Crippen LogP) is 3.77. The molecule has 1 aromatic carbocycles. The quantitative estimate of drug-likeness (QED) is 0.911. The molecule has 7 heteroatoms. The maximum atomic E-state index is 6.12. The summed E-state index contributed by atoms with van der Waals surface area (Å²) in [6, 6.07) is 5.33. The van der Waals surface area contributed by atoms with Gasteiger partial charge in [0, 0.05) is 13.1 Å². The number of hydrogen-bond donors (Lipinski definition) is 1. The Bertz CT molecular complexity index is 587. The van der Waals surface area contributed by atoms with Gasteiger partial charge in [-0.3, -0.25) is 0 Å². The van der Waals surface area contributed by atoms with Crippen LogP contribution in [-0.2, 0) is 0 Å². The fourth-order valence-electron chi connectivity index (χ4n) is 1.77. The number of hydrogen-bond acceptors (Lipinski definition) is 5. The molecule has 0 aliphatic heterocycles. The van der Waals surface area contributed by atoms with Crippen LogP contribution in [0.3, 0.4) is 0 Å². The SMILES string of the molecule is CCN(CC)c1cnnc(Nc2cccc(Cl)c2Cl)n1. The Hall–Kier alpha value is -1.59. The average Bonchev–Trinajstić information content (AvgIpc) is 2.46. The van der Waals surface area contributed by atoms with Gasteiger partial charge in [0.15, 0.2) is 5.82 Å². The van der Waals surface area contributed by atoms with Gasteiger partial charge >= 0.3 is 0 Å². The van der Waals surface area contributed by atoms with E-state index in [4.69, 9.17) is 23.2 Å². The molecule has 0 aliphatic carbocycles. The summed E-state index contributed by atoms with van der Waals surface area (Å²) in [7, 11) is 0. The van der Waals surface area contributed by atoms with E-state index in [2.05, 4.69) is 39.2 Å². The van der Waals surface area contributed by atoms with Gasteiger partial charge in [0.1, 0.15) is 0 Å². The first-order valence-corrected chi connectivity index (χ1v) is 7.07. The lowest BCUT2D eigenvalue weighted by atomic mass is 10.3. The van der Waals surface area contributed by atoms with E-state index in [9.17, 15) is 0 Å². The average molecular weight is 312 g/mol. The van der Waals surface area contributed by atoms with Crippen LogP contribution in [0, 0.1) is 0 Å². The van der Waals surface area contributed by atoms with Crippen LogP contribution in [0.1, 0.15) is 13.8 Å². The largest absolute Gasteiger partial charge is 0.356 e. The third-order valence-electron chi connectivity index (χ3n) is 2.83. The van der Waals surface area contributed by atoms with Crippen molar-refractivity contribution in [3.63, 3.8) is 0 Å². The molecule has 0 atom stereocenters. The zero-order valence-corrected chi connectivity index (χ0v) is 12.8. The lowest BCUT2D eigenvalue weighted by Gasteiger charge is -2.19. The Labute approximate surface area is 127 Å². The van der Waals surface area contributed by atoms with Crippen molar-refractivity contribution in [1.29, 1.82) is 0 Å². The minimum Gasteiger partial charge on any atom is -0.356 e. The zero-order valence-electron chi connectivity index (χ0n) is 11.3. The summed E-state index contributed by atoms with van der Waals surface area (Å²) in [5, 5.41) is 11.9. The van der Waals surface area contributed by atoms with Crippen LogP contribution in [0.15, 0.2) is 24.4 Å². The van der Waals surface area contributed by atoms with Crippen LogP contribution < -0.4 is 10.2 Å². The van der Waals surface area contributed by atoms with Crippen LogP contribution in [0.4, 0.5) is 17.5 Å². The lowest BCUT2D eigenvalue weighted by molar-refractivity contribution is 0.826. The van der Waals surface area contributed by atoms with E-state index in [0.29, 0.717) is 21.7 Å². The minimum atomic E-state index is 0.388. The van der Waals surface area contributed by atoms with E-state index in [1.54, 1.807) is 18.3 Å². The Morgan fingerprint density at radius 1 is 1.20 bits per heavy atom. The summed E-state index contributed by atoms with van der Waals surface area (Å²) in [5.74, 6) is 1.16. The first kappa shape index (κ1) is 14.8. The topological polar surface area (TPSA) is 53.9 Å². The van der Waals surface area contributed by atoms with E-state index < -0.39 is 0 Å². The van der Waals surface area contributed by atoms with E-state index in [0.717, 1.165) is 18.9 Å². The molecule has 0 amide bonds. The summed E-state index contributed by atoms with van der Waals surface area (Å²) in [6.07, 6.45) is 1.64. The van der Waals surface area contributed by atoms with Gasteiger partial charge in [0.05, 0.1) is 21.9 Å². The molecule has 0 unspecified atom stereocenters. The van der Waals surface area contributed by atoms with Crippen molar-refractivity contribution in [3.8, 4) is 0 Å². The summed E-state index contributed by atoms with van der Waals surface area (Å²) in [4.78, 5) is 6.50. The number of rotatable bonds is 5. The molecule has 2 rings (SSSR count). The summed E-state index contributed by atoms with van der Waals surface area (Å²) in [5.41, 5.74) is 0.651. The molecule has 1 N–H and O–H groups in total. The second-order valence-electron chi connectivity index (χ2n) is 4.04. The third kappa shape index (κ3) is 3.29. The van der Waals surface area contributed by atoms with Crippen molar-refractivity contribution < 1.29 is 0 Å². The second-order valence-corrected chi connectivity index (χ2v) is 4.82. The molecule has 20 heavy (non-hydrogen) atoms. The highest BCUT2D eigenvalue weighted by Gasteiger charge is 2.09. The number of aromatic nitrogens is 3. The Kier molecular flexibility index (Phi) is 4.98. The van der Waals surface area contributed by atoms with E-state index in [1.807, 2.05) is 6.07 Å². The summed E-state index contributed by atoms with van der Waals surface area (Å²) < 4.78 is 0. The van der Waals surface area contributed by atoms with Crippen molar-refractivity contribution in [2.75, 3.05) is 23.3 Å². The van der Waals surface area contributed by atoms with Crippen LogP contribution in [0.5, 0.6) is 0 Å². The summed E-state index contributed by atoms with van der Waals surface area (Å²) in [6.45, 7) is 5.83. The number of nitrogens with one attached hydrogen (secondary N) is 1. The minimum absolute atomic E-state index is 0.388. The highest BCUT2D eigenvalue weighted by Crippen LogP contribution is 2.30. The van der Waals surface area contributed by atoms with E-state index in [-0.39, 0.29) is 0 Å². The van der Waals surface area contributed by atoms with Crippen LogP contribution in [-0.4, -0.2) is 28.3 Å². The first-order valence-electron chi connectivity index (χ1n) is 6.31. The normalized spacial score (nSPS) is 10.4. The van der Waals surface area contributed by atoms with Crippen molar-refractivity contribution in [2.45, 2.75) is 13.8 Å². The fraction of sp³-hybridized carbons (Fsp3) is 0.308. The maximum Gasteiger partial charge on any atom is 0.249 e. The number of benzene rings is 1. The second kappa shape index (κ2) is 6.72. The molecule has 0 saturated carbocycles. The smallest absolute Gasteiger partial charge is 0.249 e. The van der Waals surface area contributed by atoms with Crippen molar-refractivity contribution in [2.24, 2.45) is 0 Å². The van der Waals surface area contributed by atoms with Crippen molar-refractivity contribution in [1.82, 2.24) is 15.2 Å². The van der Waals surface area contributed by atoms with E-state index in [1.165, 1.54) is 0 Å². The Balaban J connectivity index is 2.26. The van der Waals surface area contributed by atoms with Gasteiger partial charge in [-0.25, -0.2) is 0 Å². The first-order chi connectivity index (χ1) is 9.65. The van der Waals surface area contributed by atoms with Gasteiger partial charge in [-0.05, 0) is 26.0 Å². The predicted molar refractivity (Wildman–Crippen MR) is 83.1 cm³/mol. The zero-order chi connectivity index (χ0) is 14.5. The Morgan fingerprint density at radius 3 is 2.65 bits per heavy atom. The van der Waals surface area contributed by atoms with Gasteiger partial charge in [-0.2, -0.15) is 10.1 Å². The standard InChI is InChI=1S/C13H15Cl2N5/c1-3-20(4-2)11-8-16-19-13(18-11)17-10-7-5-6-9(14)12(10)15/h5-8H,3-4H2,1-2H3,(H,17,18,19). The molecule has 0 fully saturated rings. The molecule has 0 bridgehead atoms. The van der Waals surface area contributed by atoms with Crippen LogP contribution in [0.25, 0.3) is 0 Å². The molecule has 0 spiro atoms. The molecule has 5 nitrogen and oxygen atoms in total. The molecule has 0 radical (unpaired) electrons. The molecule has 0 aliphatic rings. The van der Waals surface area contributed by atoms with Crippen molar-refractivity contribution >= 4 is 40.7 Å². The molecular formula is C13H15Cl2N5. The molecular weight excluding hydrogens is 297 g/mol. The number of nitrogens with zero attached hydrogens (tertiary/aromatic N) is 4. The van der Waals surface area contributed by atoms with Gasteiger partial charge in [-0.15, -0.1) is 5.10 Å². The molecule has 1 aromatic heterocycles. The van der Waals surface area contributed by atoms with Gasteiger partial charge in [-0.1, -0.05) is 29.3 Å². The lowest BCUT2D eigenvalue weighted by Crippen LogP contribution is -2.23. The third-order valence-corrected chi connectivity index (χ3v) is 3.65. The molecule has 0 saturated heterocycles. The number of halogens is 2.